The van der Waals surface area contributed by atoms with E-state index in [1.807, 2.05) is 48.5 Å². The third-order valence-electron chi connectivity index (χ3n) is 6.04. The molecule has 0 saturated heterocycles. The molecule has 5 nitrogen and oxygen atoms in total. The highest BCUT2D eigenvalue weighted by Gasteiger charge is 2.21. The Morgan fingerprint density at radius 2 is 1.71 bits per heavy atom. The number of fused-ring (bicyclic) bond motifs is 1. The fraction of sp³-hybridized carbons (Fsp3) is 0.346. The molecule has 2 N–H and O–H groups in total. The SMILES string of the molecule is O=C(CCCc1ccccc1)NCC1CCc2nc(-c3ccccc3)[nH]c(=O)c2CC1. The van der Waals surface area contributed by atoms with Crippen LogP contribution in [0.25, 0.3) is 11.4 Å². The molecule has 1 amide bonds. The summed E-state index contributed by atoms with van der Waals surface area (Å²) in [6.07, 6.45) is 5.63. The van der Waals surface area contributed by atoms with Crippen LogP contribution in [0.2, 0.25) is 0 Å². The molecular weight excluding hydrogens is 386 g/mol. The van der Waals surface area contributed by atoms with E-state index in [-0.39, 0.29) is 11.5 Å². The molecule has 1 aliphatic carbocycles. The topological polar surface area (TPSA) is 74.8 Å². The highest BCUT2D eigenvalue weighted by molar-refractivity contribution is 5.75. The van der Waals surface area contributed by atoms with Gasteiger partial charge in [-0.1, -0.05) is 60.7 Å². The van der Waals surface area contributed by atoms with Crippen LogP contribution in [0, 0.1) is 5.92 Å². The van der Waals surface area contributed by atoms with Crippen molar-refractivity contribution in [3.8, 4) is 11.4 Å². The van der Waals surface area contributed by atoms with Crippen molar-refractivity contribution in [3.63, 3.8) is 0 Å². The van der Waals surface area contributed by atoms with Crippen molar-refractivity contribution in [1.29, 1.82) is 0 Å². The molecule has 1 aliphatic rings. The van der Waals surface area contributed by atoms with E-state index in [0.29, 0.717) is 31.1 Å². The average molecular weight is 416 g/mol. The van der Waals surface area contributed by atoms with Gasteiger partial charge in [-0.05, 0) is 50.0 Å². The third-order valence-corrected chi connectivity index (χ3v) is 6.04. The van der Waals surface area contributed by atoms with Gasteiger partial charge >= 0.3 is 0 Å². The number of aryl methyl sites for hydroxylation is 2. The number of aromatic amines is 1. The number of amides is 1. The monoisotopic (exact) mass is 415 g/mol. The third kappa shape index (κ3) is 5.69. The second-order valence-corrected chi connectivity index (χ2v) is 8.29. The first-order valence-electron chi connectivity index (χ1n) is 11.2. The number of nitrogens with one attached hydrogen (secondary N) is 2. The van der Waals surface area contributed by atoms with Gasteiger partial charge in [-0.3, -0.25) is 9.59 Å². The molecule has 0 fully saturated rings. The molecule has 3 aromatic rings. The molecule has 1 atom stereocenters. The van der Waals surface area contributed by atoms with Crippen LogP contribution in [0.3, 0.4) is 0 Å². The zero-order valence-corrected chi connectivity index (χ0v) is 17.8. The van der Waals surface area contributed by atoms with Crippen LogP contribution in [0.4, 0.5) is 0 Å². The van der Waals surface area contributed by atoms with Crippen molar-refractivity contribution in [1.82, 2.24) is 15.3 Å². The Bertz CT molecular complexity index is 1060. The smallest absolute Gasteiger partial charge is 0.254 e. The van der Waals surface area contributed by atoms with Gasteiger partial charge in [0.2, 0.25) is 5.91 Å². The van der Waals surface area contributed by atoms with Gasteiger partial charge in [-0.15, -0.1) is 0 Å². The molecule has 1 heterocycles. The maximum atomic E-state index is 12.7. The normalized spacial score (nSPS) is 15.7. The van der Waals surface area contributed by atoms with Crippen molar-refractivity contribution in [2.75, 3.05) is 6.54 Å². The lowest BCUT2D eigenvalue weighted by molar-refractivity contribution is -0.121. The summed E-state index contributed by atoms with van der Waals surface area (Å²) in [5.74, 6) is 1.11. The zero-order chi connectivity index (χ0) is 21.5. The lowest BCUT2D eigenvalue weighted by atomic mass is 9.99. The van der Waals surface area contributed by atoms with Crippen molar-refractivity contribution in [2.45, 2.75) is 44.9 Å². The Hall–Kier alpha value is -3.21. The molecule has 0 saturated carbocycles. The number of hydrogen-bond donors (Lipinski definition) is 2. The van der Waals surface area contributed by atoms with Crippen LogP contribution in [0.1, 0.15) is 42.5 Å². The average Bonchev–Trinajstić information content (AvgIpc) is 3.02. The minimum absolute atomic E-state index is 0.0329. The molecule has 0 radical (unpaired) electrons. The minimum Gasteiger partial charge on any atom is -0.356 e. The Labute approximate surface area is 183 Å². The van der Waals surface area contributed by atoms with Gasteiger partial charge in [0.1, 0.15) is 5.82 Å². The molecule has 5 heteroatoms. The first-order valence-corrected chi connectivity index (χ1v) is 11.2. The Kier molecular flexibility index (Phi) is 6.92. The summed E-state index contributed by atoms with van der Waals surface area (Å²) in [5, 5.41) is 3.10. The number of H-pyrrole nitrogens is 1. The maximum absolute atomic E-state index is 12.7. The summed E-state index contributed by atoms with van der Waals surface area (Å²) in [6.45, 7) is 0.668. The first kappa shape index (κ1) is 21.0. The van der Waals surface area contributed by atoms with Gasteiger partial charge in [0.25, 0.3) is 5.56 Å². The molecular formula is C26H29N3O2. The summed E-state index contributed by atoms with van der Waals surface area (Å²) in [6, 6.07) is 20.0. The van der Waals surface area contributed by atoms with Gasteiger partial charge in [-0.2, -0.15) is 0 Å². The largest absolute Gasteiger partial charge is 0.356 e. The van der Waals surface area contributed by atoms with E-state index >= 15 is 0 Å². The Morgan fingerprint density at radius 1 is 1.00 bits per heavy atom. The summed E-state index contributed by atoms with van der Waals surface area (Å²) < 4.78 is 0. The summed E-state index contributed by atoms with van der Waals surface area (Å²) in [7, 11) is 0. The summed E-state index contributed by atoms with van der Waals surface area (Å²) in [5.41, 5.74) is 3.86. The Morgan fingerprint density at radius 3 is 2.48 bits per heavy atom. The molecule has 0 spiro atoms. The predicted octanol–water partition coefficient (Wildman–Crippen LogP) is 4.07. The Balaban J connectivity index is 1.29. The molecule has 4 rings (SSSR count). The van der Waals surface area contributed by atoms with E-state index in [4.69, 9.17) is 4.98 Å². The fourth-order valence-electron chi connectivity index (χ4n) is 4.22. The van der Waals surface area contributed by atoms with Crippen LogP contribution in [0.5, 0.6) is 0 Å². The van der Waals surface area contributed by atoms with Gasteiger partial charge in [0, 0.05) is 24.1 Å². The lowest BCUT2D eigenvalue weighted by Gasteiger charge is -2.14. The zero-order valence-electron chi connectivity index (χ0n) is 17.8. The number of hydrogen-bond acceptors (Lipinski definition) is 3. The lowest BCUT2D eigenvalue weighted by Crippen LogP contribution is -2.29. The number of rotatable bonds is 7. The second kappa shape index (κ2) is 10.2. The fourth-order valence-corrected chi connectivity index (χ4v) is 4.22. The van der Waals surface area contributed by atoms with Crippen molar-refractivity contribution >= 4 is 5.91 Å². The van der Waals surface area contributed by atoms with E-state index in [9.17, 15) is 9.59 Å². The van der Waals surface area contributed by atoms with E-state index < -0.39 is 0 Å². The second-order valence-electron chi connectivity index (χ2n) is 8.29. The minimum atomic E-state index is -0.0329. The van der Waals surface area contributed by atoms with Gasteiger partial charge in [0.15, 0.2) is 0 Å². The maximum Gasteiger partial charge on any atom is 0.254 e. The highest BCUT2D eigenvalue weighted by Crippen LogP contribution is 2.23. The van der Waals surface area contributed by atoms with E-state index in [1.54, 1.807) is 0 Å². The van der Waals surface area contributed by atoms with Crippen LogP contribution in [0.15, 0.2) is 65.5 Å². The van der Waals surface area contributed by atoms with Crippen molar-refractivity contribution in [3.05, 3.63) is 87.8 Å². The molecule has 31 heavy (non-hydrogen) atoms. The number of carbonyl (C=O) groups is 1. The molecule has 160 valence electrons. The van der Waals surface area contributed by atoms with Gasteiger partial charge in [-0.25, -0.2) is 4.98 Å². The standard InChI is InChI=1S/C26H29N3O2/c30-24(13-7-10-19-8-3-1-4-9-19)27-18-20-14-16-22-23(17-15-20)28-25(29-26(22)31)21-11-5-2-6-12-21/h1-6,8-9,11-12,20H,7,10,13-18H2,(H,27,30)(H,28,29,31). The molecule has 0 aliphatic heterocycles. The quantitative estimate of drug-likeness (QED) is 0.571. The van der Waals surface area contributed by atoms with E-state index in [0.717, 1.165) is 48.9 Å². The summed E-state index contributed by atoms with van der Waals surface area (Å²) in [4.78, 5) is 32.6. The molecule has 2 aromatic carbocycles. The van der Waals surface area contributed by atoms with Gasteiger partial charge < -0.3 is 10.3 Å². The summed E-state index contributed by atoms with van der Waals surface area (Å²) >= 11 is 0. The number of nitrogens with zero attached hydrogens (tertiary/aromatic N) is 1. The predicted molar refractivity (Wildman–Crippen MR) is 123 cm³/mol. The van der Waals surface area contributed by atoms with Crippen LogP contribution in [-0.4, -0.2) is 22.4 Å². The first-order chi connectivity index (χ1) is 15.2. The molecule has 1 unspecified atom stereocenters. The van der Waals surface area contributed by atoms with Crippen molar-refractivity contribution in [2.24, 2.45) is 5.92 Å². The van der Waals surface area contributed by atoms with Crippen LogP contribution < -0.4 is 10.9 Å². The number of aromatic nitrogens is 2. The van der Waals surface area contributed by atoms with Crippen LogP contribution >= 0.6 is 0 Å². The van der Waals surface area contributed by atoms with Crippen LogP contribution in [-0.2, 0) is 24.1 Å². The number of carbonyl (C=O) groups excluding carboxylic acids is 1. The van der Waals surface area contributed by atoms with E-state index in [2.05, 4.69) is 22.4 Å². The van der Waals surface area contributed by atoms with Gasteiger partial charge in [0.05, 0.1) is 5.69 Å². The molecule has 1 aromatic heterocycles. The van der Waals surface area contributed by atoms with Crippen molar-refractivity contribution < 1.29 is 4.79 Å². The molecule has 0 bridgehead atoms. The van der Waals surface area contributed by atoms with E-state index in [1.165, 1.54) is 5.56 Å². The number of benzene rings is 2. The highest BCUT2D eigenvalue weighted by atomic mass is 16.1.